The van der Waals surface area contributed by atoms with Gasteiger partial charge in [0.2, 0.25) is 0 Å². The third-order valence-corrected chi connectivity index (χ3v) is 3.17. The smallest absolute Gasteiger partial charge is 0.0408 e. The van der Waals surface area contributed by atoms with Gasteiger partial charge >= 0.3 is 0 Å². The van der Waals surface area contributed by atoms with Crippen LogP contribution in [-0.2, 0) is 0 Å². The molecule has 0 spiro atoms. The van der Waals surface area contributed by atoms with E-state index in [1.54, 1.807) is 0 Å². The van der Waals surface area contributed by atoms with Crippen LogP contribution >= 0.6 is 11.6 Å². The number of halogens is 1. The van der Waals surface area contributed by atoms with Crippen molar-refractivity contribution in [2.45, 2.75) is 12.8 Å². The molecule has 0 fully saturated rings. The monoisotopic (exact) mass is 245 g/mol. The predicted octanol–water partition coefficient (Wildman–Crippen LogP) is 3.74. The first-order valence-electron chi connectivity index (χ1n) is 5.73. The van der Waals surface area contributed by atoms with Crippen LogP contribution in [0, 0.1) is 6.92 Å². The lowest BCUT2D eigenvalue weighted by Gasteiger charge is -2.16. The van der Waals surface area contributed by atoms with Crippen LogP contribution in [0.15, 0.2) is 48.5 Å². The minimum absolute atomic E-state index is 0.216. The highest BCUT2D eigenvalue weighted by Crippen LogP contribution is 2.26. The van der Waals surface area contributed by atoms with Crippen molar-refractivity contribution in [2.24, 2.45) is 5.73 Å². The third-order valence-electron chi connectivity index (χ3n) is 2.93. The SMILES string of the molecule is Cc1cccc(C(CN)c2cccc(Cl)c2)c1. The van der Waals surface area contributed by atoms with Gasteiger partial charge in [-0.15, -0.1) is 0 Å². The first-order chi connectivity index (χ1) is 8.20. The fraction of sp³-hybridized carbons (Fsp3) is 0.200. The Morgan fingerprint density at radius 1 is 1.06 bits per heavy atom. The normalized spacial score (nSPS) is 12.4. The Morgan fingerprint density at radius 3 is 2.29 bits per heavy atom. The number of hydrogen-bond donors (Lipinski definition) is 1. The van der Waals surface area contributed by atoms with Crippen molar-refractivity contribution < 1.29 is 0 Å². The zero-order valence-corrected chi connectivity index (χ0v) is 10.6. The summed E-state index contributed by atoms with van der Waals surface area (Å²) in [5.41, 5.74) is 9.56. The lowest BCUT2D eigenvalue weighted by molar-refractivity contribution is 0.818. The molecule has 2 N–H and O–H groups in total. The van der Waals surface area contributed by atoms with Crippen molar-refractivity contribution in [3.63, 3.8) is 0 Å². The van der Waals surface area contributed by atoms with Gasteiger partial charge in [-0.25, -0.2) is 0 Å². The predicted molar refractivity (Wildman–Crippen MR) is 73.5 cm³/mol. The Bertz CT molecular complexity index is 462. The Labute approximate surface area is 107 Å². The molecule has 1 nitrogen and oxygen atoms in total. The molecule has 0 radical (unpaired) electrons. The van der Waals surface area contributed by atoms with Crippen molar-refractivity contribution in [1.82, 2.24) is 0 Å². The number of nitrogens with two attached hydrogens (primary N) is 1. The molecule has 0 aromatic heterocycles. The number of aryl methyl sites for hydroxylation is 1. The fourth-order valence-electron chi connectivity index (χ4n) is 2.07. The summed E-state index contributed by atoms with van der Waals surface area (Å²) in [6.45, 7) is 2.68. The summed E-state index contributed by atoms with van der Waals surface area (Å²) in [5, 5.41) is 0.758. The molecular formula is C15H16ClN. The van der Waals surface area contributed by atoms with E-state index in [-0.39, 0.29) is 5.92 Å². The topological polar surface area (TPSA) is 26.0 Å². The van der Waals surface area contributed by atoms with Crippen molar-refractivity contribution in [3.8, 4) is 0 Å². The van der Waals surface area contributed by atoms with Gasteiger partial charge in [-0.3, -0.25) is 0 Å². The maximum Gasteiger partial charge on any atom is 0.0408 e. The second-order valence-electron chi connectivity index (χ2n) is 4.26. The van der Waals surface area contributed by atoms with E-state index in [0.29, 0.717) is 6.54 Å². The second-order valence-corrected chi connectivity index (χ2v) is 4.69. The van der Waals surface area contributed by atoms with Gasteiger partial charge in [0.1, 0.15) is 0 Å². The Kier molecular flexibility index (Phi) is 3.82. The van der Waals surface area contributed by atoms with E-state index in [1.807, 2.05) is 18.2 Å². The van der Waals surface area contributed by atoms with Crippen LogP contribution in [0.2, 0.25) is 5.02 Å². The van der Waals surface area contributed by atoms with E-state index in [1.165, 1.54) is 16.7 Å². The molecule has 2 heteroatoms. The highest BCUT2D eigenvalue weighted by Gasteiger charge is 2.12. The quantitative estimate of drug-likeness (QED) is 0.876. The van der Waals surface area contributed by atoms with E-state index in [2.05, 4.69) is 37.3 Å². The molecule has 2 rings (SSSR count). The molecule has 88 valence electrons. The van der Waals surface area contributed by atoms with Gasteiger partial charge in [-0.05, 0) is 30.2 Å². The maximum atomic E-state index is 6.02. The summed E-state index contributed by atoms with van der Waals surface area (Å²) in [4.78, 5) is 0. The second kappa shape index (κ2) is 5.35. The van der Waals surface area contributed by atoms with Gasteiger partial charge in [0.05, 0.1) is 0 Å². The molecule has 0 bridgehead atoms. The highest BCUT2D eigenvalue weighted by molar-refractivity contribution is 6.30. The fourth-order valence-corrected chi connectivity index (χ4v) is 2.27. The Hall–Kier alpha value is -1.31. The van der Waals surface area contributed by atoms with E-state index >= 15 is 0 Å². The minimum Gasteiger partial charge on any atom is -0.330 e. The standard InChI is InChI=1S/C15H16ClN/c1-11-4-2-5-12(8-11)15(10-17)13-6-3-7-14(16)9-13/h2-9,15H,10,17H2,1H3. The summed E-state index contributed by atoms with van der Waals surface area (Å²) in [7, 11) is 0. The summed E-state index contributed by atoms with van der Waals surface area (Å²) in [6, 6.07) is 16.4. The molecular weight excluding hydrogens is 230 g/mol. The molecule has 0 heterocycles. The van der Waals surface area contributed by atoms with E-state index in [0.717, 1.165) is 5.02 Å². The lowest BCUT2D eigenvalue weighted by atomic mass is 9.90. The molecule has 0 saturated heterocycles. The van der Waals surface area contributed by atoms with Crippen molar-refractivity contribution in [3.05, 3.63) is 70.2 Å². The summed E-state index contributed by atoms with van der Waals surface area (Å²) < 4.78 is 0. The average Bonchev–Trinajstić information content (AvgIpc) is 2.30. The number of benzene rings is 2. The molecule has 0 aliphatic rings. The van der Waals surface area contributed by atoms with Crippen molar-refractivity contribution in [2.75, 3.05) is 6.54 Å². The van der Waals surface area contributed by atoms with Gasteiger partial charge in [0, 0.05) is 17.5 Å². The Balaban J connectivity index is 2.40. The van der Waals surface area contributed by atoms with E-state index < -0.39 is 0 Å². The molecule has 17 heavy (non-hydrogen) atoms. The number of hydrogen-bond acceptors (Lipinski definition) is 1. The average molecular weight is 246 g/mol. The van der Waals surface area contributed by atoms with Crippen LogP contribution in [0.25, 0.3) is 0 Å². The van der Waals surface area contributed by atoms with Crippen molar-refractivity contribution >= 4 is 11.6 Å². The largest absolute Gasteiger partial charge is 0.330 e. The van der Waals surface area contributed by atoms with Gasteiger partial charge in [0.25, 0.3) is 0 Å². The number of rotatable bonds is 3. The molecule has 1 atom stereocenters. The van der Waals surface area contributed by atoms with Gasteiger partial charge in [-0.1, -0.05) is 53.6 Å². The first kappa shape index (κ1) is 12.2. The molecule has 2 aromatic rings. The minimum atomic E-state index is 0.216. The van der Waals surface area contributed by atoms with Crippen molar-refractivity contribution in [1.29, 1.82) is 0 Å². The van der Waals surface area contributed by atoms with E-state index in [4.69, 9.17) is 17.3 Å². The van der Waals surface area contributed by atoms with Crippen LogP contribution in [0.4, 0.5) is 0 Å². The van der Waals surface area contributed by atoms with Crippen LogP contribution in [0.1, 0.15) is 22.6 Å². The maximum absolute atomic E-state index is 6.02. The van der Waals surface area contributed by atoms with Gasteiger partial charge in [-0.2, -0.15) is 0 Å². The lowest BCUT2D eigenvalue weighted by Crippen LogP contribution is -2.13. The zero-order chi connectivity index (χ0) is 12.3. The third kappa shape index (κ3) is 2.87. The molecule has 1 unspecified atom stereocenters. The molecule has 0 amide bonds. The summed E-state index contributed by atoms with van der Waals surface area (Å²) in [5.74, 6) is 0.216. The van der Waals surface area contributed by atoms with Crippen LogP contribution in [-0.4, -0.2) is 6.54 Å². The molecule has 2 aromatic carbocycles. The van der Waals surface area contributed by atoms with Crippen LogP contribution in [0.5, 0.6) is 0 Å². The molecule has 0 saturated carbocycles. The van der Waals surface area contributed by atoms with Gasteiger partial charge in [0.15, 0.2) is 0 Å². The highest BCUT2D eigenvalue weighted by atomic mass is 35.5. The Morgan fingerprint density at radius 2 is 1.71 bits per heavy atom. The molecule has 0 aliphatic carbocycles. The van der Waals surface area contributed by atoms with E-state index in [9.17, 15) is 0 Å². The van der Waals surface area contributed by atoms with Crippen LogP contribution < -0.4 is 5.73 Å². The molecule has 0 aliphatic heterocycles. The first-order valence-corrected chi connectivity index (χ1v) is 6.10. The summed E-state index contributed by atoms with van der Waals surface area (Å²) >= 11 is 6.02. The van der Waals surface area contributed by atoms with Gasteiger partial charge < -0.3 is 5.73 Å². The summed E-state index contributed by atoms with van der Waals surface area (Å²) in [6.07, 6.45) is 0. The zero-order valence-electron chi connectivity index (χ0n) is 9.86. The van der Waals surface area contributed by atoms with Crippen LogP contribution in [0.3, 0.4) is 0 Å².